The number of hydrogen-bond donors (Lipinski definition) is 0. The van der Waals surface area contributed by atoms with E-state index in [9.17, 15) is 0 Å². The van der Waals surface area contributed by atoms with E-state index in [-0.39, 0.29) is 0 Å². The maximum atomic E-state index is 5.30. The van der Waals surface area contributed by atoms with E-state index in [1.165, 1.54) is 12.1 Å². The Morgan fingerprint density at radius 1 is 1.67 bits per heavy atom. The van der Waals surface area contributed by atoms with E-state index in [0.29, 0.717) is 6.61 Å². The van der Waals surface area contributed by atoms with Gasteiger partial charge in [-0.3, -0.25) is 0 Å². The minimum atomic E-state index is 0.684. The van der Waals surface area contributed by atoms with Gasteiger partial charge in [0.25, 0.3) is 0 Å². The summed E-state index contributed by atoms with van der Waals surface area (Å²) in [5.74, 6) is 1.09. The lowest BCUT2D eigenvalue weighted by Gasteiger charge is -2.16. The van der Waals surface area contributed by atoms with Crippen LogP contribution in [0.4, 0.5) is 0 Å². The predicted octanol–water partition coefficient (Wildman–Crippen LogP) is 1.37. The molecule has 66 valence electrons. The van der Waals surface area contributed by atoms with Crippen LogP contribution in [0.1, 0.15) is 24.9 Å². The Labute approximate surface area is 72.4 Å². The third-order valence-corrected chi connectivity index (χ3v) is 2.22. The number of aryl methyl sites for hydroxylation is 1. The Morgan fingerprint density at radius 3 is 3.42 bits per heavy atom. The maximum Gasteiger partial charge on any atom is 0.135 e. The molecule has 2 heterocycles. The molecule has 0 bridgehead atoms. The summed E-state index contributed by atoms with van der Waals surface area (Å²) in [4.78, 5) is 4.31. The first kappa shape index (κ1) is 7.80. The molecule has 3 heteroatoms. The van der Waals surface area contributed by atoms with Gasteiger partial charge in [-0.25, -0.2) is 4.98 Å². The van der Waals surface area contributed by atoms with E-state index in [0.717, 1.165) is 25.4 Å². The zero-order valence-corrected chi connectivity index (χ0v) is 7.42. The van der Waals surface area contributed by atoms with Crippen molar-refractivity contribution in [2.75, 3.05) is 6.61 Å². The van der Waals surface area contributed by atoms with E-state index < -0.39 is 0 Å². The summed E-state index contributed by atoms with van der Waals surface area (Å²) in [7, 11) is 0. The molecule has 0 amide bonds. The van der Waals surface area contributed by atoms with Gasteiger partial charge in [-0.05, 0) is 6.42 Å². The molecule has 0 atom stereocenters. The van der Waals surface area contributed by atoms with E-state index in [2.05, 4.69) is 16.5 Å². The average molecular weight is 166 g/mol. The molecule has 12 heavy (non-hydrogen) atoms. The summed E-state index contributed by atoms with van der Waals surface area (Å²) in [5, 5.41) is 0. The largest absolute Gasteiger partial charge is 0.372 e. The highest BCUT2D eigenvalue weighted by molar-refractivity contribution is 5.06. The van der Waals surface area contributed by atoms with Crippen molar-refractivity contribution < 1.29 is 4.74 Å². The van der Waals surface area contributed by atoms with Crippen molar-refractivity contribution in [1.82, 2.24) is 9.55 Å². The van der Waals surface area contributed by atoms with Crippen LogP contribution in [0.3, 0.4) is 0 Å². The minimum absolute atomic E-state index is 0.684. The Bertz CT molecular complexity index is 267. The molecule has 2 rings (SSSR count). The van der Waals surface area contributed by atoms with Gasteiger partial charge in [0.1, 0.15) is 12.4 Å². The van der Waals surface area contributed by atoms with Gasteiger partial charge in [0.05, 0.1) is 6.61 Å². The second-order valence-corrected chi connectivity index (χ2v) is 3.12. The first-order valence-electron chi connectivity index (χ1n) is 4.53. The summed E-state index contributed by atoms with van der Waals surface area (Å²) < 4.78 is 7.59. The summed E-state index contributed by atoms with van der Waals surface area (Å²) in [6, 6.07) is 0. The average Bonchev–Trinajstić information content (AvgIpc) is 2.50. The highest BCUT2D eigenvalue weighted by Crippen LogP contribution is 2.12. The van der Waals surface area contributed by atoms with Gasteiger partial charge in [0.15, 0.2) is 0 Å². The van der Waals surface area contributed by atoms with E-state index in [1.54, 1.807) is 0 Å². The molecule has 0 N–H and O–H groups in total. The molecule has 1 aliphatic rings. The molecule has 1 aliphatic heterocycles. The van der Waals surface area contributed by atoms with E-state index in [1.807, 2.05) is 6.20 Å². The van der Waals surface area contributed by atoms with Gasteiger partial charge in [0, 0.05) is 18.4 Å². The van der Waals surface area contributed by atoms with Crippen molar-refractivity contribution >= 4 is 0 Å². The van der Waals surface area contributed by atoms with Gasteiger partial charge < -0.3 is 9.30 Å². The molecule has 0 aliphatic carbocycles. The molecule has 0 saturated heterocycles. The summed E-state index contributed by atoms with van der Waals surface area (Å²) >= 11 is 0. The number of ether oxygens (including phenoxy) is 1. The van der Waals surface area contributed by atoms with Crippen LogP contribution < -0.4 is 0 Å². The lowest BCUT2D eigenvalue weighted by Crippen LogP contribution is -2.18. The third kappa shape index (κ3) is 1.25. The molecule has 0 radical (unpaired) electrons. The molecule has 0 spiro atoms. The predicted molar refractivity (Wildman–Crippen MR) is 45.9 cm³/mol. The maximum absolute atomic E-state index is 5.30. The monoisotopic (exact) mass is 166 g/mol. The quantitative estimate of drug-likeness (QED) is 0.663. The number of imidazole rings is 1. The van der Waals surface area contributed by atoms with Gasteiger partial charge in [-0.1, -0.05) is 13.3 Å². The number of nitrogens with zero attached hydrogens (tertiary/aromatic N) is 2. The Kier molecular flexibility index (Phi) is 2.13. The fraction of sp³-hybridized carbons (Fsp3) is 0.667. The minimum Gasteiger partial charge on any atom is -0.372 e. The van der Waals surface area contributed by atoms with Crippen LogP contribution in [-0.4, -0.2) is 16.2 Å². The molecule has 0 fully saturated rings. The molecule has 1 aromatic heterocycles. The van der Waals surface area contributed by atoms with Gasteiger partial charge in [0.2, 0.25) is 0 Å². The van der Waals surface area contributed by atoms with Crippen molar-refractivity contribution in [3.05, 3.63) is 17.7 Å². The molecular formula is C9H14N2O. The van der Waals surface area contributed by atoms with Gasteiger partial charge >= 0.3 is 0 Å². The summed E-state index contributed by atoms with van der Waals surface area (Å²) in [6.07, 6.45) is 4.30. The lowest BCUT2D eigenvalue weighted by molar-refractivity contribution is 0.0806. The fourth-order valence-corrected chi connectivity index (χ4v) is 1.62. The fourth-order valence-electron chi connectivity index (χ4n) is 1.62. The number of aromatic nitrogens is 2. The molecule has 3 nitrogen and oxygen atoms in total. The van der Waals surface area contributed by atoms with E-state index >= 15 is 0 Å². The third-order valence-electron chi connectivity index (χ3n) is 2.22. The second-order valence-electron chi connectivity index (χ2n) is 3.12. The van der Waals surface area contributed by atoms with E-state index in [4.69, 9.17) is 4.74 Å². The SMILES string of the molecule is CCCc1cnc2n1CCOC2. The van der Waals surface area contributed by atoms with Crippen molar-refractivity contribution in [1.29, 1.82) is 0 Å². The Balaban J connectivity index is 2.25. The van der Waals surface area contributed by atoms with Crippen LogP contribution in [-0.2, 0) is 24.3 Å². The molecule has 0 saturated carbocycles. The highest BCUT2D eigenvalue weighted by atomic mass is 16.5. The van der Waals surface area contributed by atoms with Gasteiger partial charge in [-0.2, -0.15) is 0 Å². The van der Waals surface area contributed by atoms with Crippen LogP contribution >= 0.6 is 0 Å². The standard InChI is InChI=1S/C9H14N2O/c1-2-3-8-6-10-9-7-12-5-4-11(8)9/h6H,2-5,7H2,1H3. The Hall–Kier alpha value is -0.830. The van der Waals surface area contributed by atoms with Crippen LogP contribution in [0.25, 0.3) is 0 Å². The molecule has 1 aromatic rings. The topological polar surface area (TPSA) is 27.1 Å². The van der Waals surface area contributed by atoms with Crippen LogP contribution in [0.15, 0.2) is 6.20 Å². The number of rotatable bonds is 2. The van der Waals surface area contributed by atoms with Crippen LogP contribution in [0, 0.1) is 0 Å². The summed E-state index contributed by atoms with van der Waals surface area (Å²) in [5.41, 5.74) is 1.36. The first-order valence-corrected chi connectivity index (χ1v) is 4.53. The number of hydrogen-bond acceptors (Lipinski definition) is 2. The first-order chi connectivity index (χ1) is 5.92. The lowest BCUT2D eigenvalue weighted by atomic mass is 10.2. The number of fused-ring (bicyclic) bond motifs is 1. The van der Waals surface area contributed by atoms with Crippen molar-refractivity contribution in [2.45, 2.75) is 32.9 Å². The highest BCUT2D eigenvalue weighted by Gasteiger charge is 2.12. The smallest absolute Gasteiger partial charge is 0.135 e. The zero-order valence-electron chi connectivity index (χ0n) is 7.42. The summed E-state index contributed by atoms with van der Waals surface area (Å²) in [6.45, 7) is 4.69. The molecule has 0 unspecified atom stereocenters. The Morgan fingerprint density at radius 2 is 2.58 bits per heavy atom. The van der Waals surface area contributed by atoms with Crippen molar-refractivity contribution in [3.8, 4) is 0 Å². The van der Waals surface area contributed by atoms with Crippen LogP contribution in [0.5, 0.6) is 0 Å². The second kappa shape index (κ2) is 3.27. The molecular weight excluding hydrogens is 152 g/mol. The van der Waals surface area contributed by atoms with Gasteiger partial charge in [-0.15, -0.1) is 0 Å². The van der Waals surface area contributed by atoms with Crippen molar-refractivity contribution in [2.24, 2.45) is 0 Å². The zero-order chi connectivity index (χ0) is 8.39. The van der Waals surface area contributed by atoms with Crippen LogP contribution in [0.2, 0.25) is 0 Å². The normalized spacial score (nSPS) is 16.1. The molecule has 0 aromatic carbocycles. The van der Waals surface area contributed by atoms with Crippen molar-refractivity contribution in [3.63, 3.8) is 0 Å².